The molecule has 146 valence electrons. The third-order valence-corrected chi connectivity index (χ3v) is 4.16. The van der Waals surface area contributed by atoms with Gasteiger partial charge in [-0.2, -0.15) is 0 Å². The van der Waals surface area contributed by atoms with Crippen LogP contribution in [0.2, 0.25) is 0 Å². The third-order valence-electron chi connectivity index (χ3n) is 3.84. The third kappa shape index (κ3) is 4.50. The van der Waals surface area contributed by atoms with Crippen LogP contribution in [0.25, 0.3) is 6.08 Å². The number of nitrogens with zero attached hydrogens (tertiary/aromatic N) is 3. The van der Waals surface area contributed by atoms with Crippen molar-refractivity contribution in [3.8, 4) is 11.6 Å². The number of nitro groups is 1. The molecule has 2 amide bonds. The zero-order chi connectivity index (χ0) is 21.0. The van der Waals surface area contributed by atoms with Crippen molar-refractivity contribution in [2.75, 3.05) is 6.54 Å². The molecule has 1 aliphatic heterocycles. The maximum Gasteiger partial charge on any atom is 0.287 e. The highest BCUT2D eigenvalue weighted by Gasteiger charge is 2.32. The number of carbonyl (C=O) groups is 2. The van der Waals surface area contributed by atoms with Gasteiger partial charge in [-0.25, -0.2) is 4.98 Å². The van der Waals surface area contributed by atoms with Crippen LogP contribution in [0.5, 0.6) is 11.6 Å². The molecule has 0 bridgehead atoms. The first kappa shape index (κ1) is 19.8. The molecule has 29 heavy (non-hydrogen) atoms. The van der Waals surface area contributed by atoms with Crippen LogP contribution in [0, 0.1) is 10.1 Å². The highest BCUT2D eigenvalue weighted by Crippen LogP contribution is 2.23. The molecule has 2 heterocycles. The second-order valence-electron chi connectivity index (χ2n) is 5.80. The predicted octanol–water partition coefficient (Wildman–Crippen LogP) is 2.59. The first-order valence-electron chi connectivity index (χ1n) is 8.27. The molecular weight excluding hydrogens is 396 g/mol. The number of pyridine rings is 1. The van der Waals surface area contributed by atoms with Crippen LogP contribution in [0.15, 0.2) is 60.8 Å². The summed E-state index contributed by atoms with van der Waals surface area (Å²) in [4.78, 5) is 39.8. The van der Waals surface area contributed by atoms with E-state index in [2.05, 4.69) is 16.9 Å². The summed E-state index contributed by atoms with van der Waals surface area (Å²) >= 11 is 5.00. The first-order chi connectivity index (χ1) is 13.9. The normalized spacial score (nSPS) is 15.2. The molecular formula is C19H14N4O5S. The Hall–Kier alpha value is -3.92. The predicted molar refractivity (Wildman–Crippen MR) is 108 cm³/mol. The lowest BCUT2D eigenvalue weighted by molar-refractivity contribution is -0.385. The topological polar surface area (TPSA) is 115 Å². The van der Waals surface area contributed by atoms with Gasteiger partial charge in [-0.1, -0.05) is 18.2 Å². The van der Waals surface area contributed by atoms with Gasteiger partial charge in [-0.15, -0.1) is 6.58 Å². The summed E-state index contributed by atoms with van der Waals surface area (Å²) in [5.41, 5.74) is 0.407. The zero-order valence-corrected chi connectivity index (χ0v) is 15.7. The molecule has 0 atom stereocenters. The van der Waals surface area contributed by atoms with Crippen molar-refractivity contribution in [3.63, 3.8) is 0 Å². The van der Waals surface area contributed by atoms with E-state index in [1.54, 1.807) is 24.3 Å². The van der Waals surface area contributed by atoms with Crippen molar-refractivity contribution in [2.24, 2.45) is 0 Å². The highest BCUT2D eigenvalue weighted by molar-refractivity contribution is 7.80. The van der Waals surface area contributed by atoms with Crippen LogP contribution in [-0.2, 0) is 9.59 Å². The number of rotatable bonds is 6. The smallest absolute Gasteiger partial charge is 0.287 e. The lowest BCUT2D eigenvalue weighted by atomic mass is 10.1. The van der Waals surface area contributed by atoms with Gasteiger partial charge in [0.2, 0.25) is 5.88 Å². The lowest BCUT2D eigenvalue weighted by Crippen LogP contribution is -2.53. The number of benzene rings is 1. The lowest BCUT2D eigenvalue weighted by Gasteiger charge is -2.27. The summed E-state index contributed by atoms with van der Waals surface area (Å²) < 4.78 is 5.53. The molecule has 0 spiro atoms. The number of hydrogen-bond acceptors (Lipinski definition) is 7. The summed E-state index contributed by atoms with van der Waals surface area (Å²) in [7, 11) is 0. The summed E-state index contributed by atoms with van der Waals surface area (Å²) in [5, 5.41) is 13.2. The highest BCUT2D eigenvalue weighted by atomic mass is 32.1. The Balaban J connectivity index is 1.76. The number of thiocarbonyl (C=S) groups is 1. The summed E-state index contributed by atoms with van der Waals surface area (Å²) in [6.45, 7) is 3.76. The van der Waals surface area contributed by atoms with Crippen LogP contribution >= 0.6 is 12.2 Å². The number of carbonyl (C=O) groups excluding carboxylic acids is 2. The van der Waals surface area contributed by atoms with Crippen molar-refractivity contribution < 1.29 is 19.2 Å². The number of amides is 2. The van der Waals surface area contributed by atoms with Crippen molar-refractivity contribution in [2.45, 2.75) is 0 Å². The summed E-state index contributed by atoms with van der Waals surface area (Å²) in [6.07, 6.45) is 4.06. The van der Waals surface area contributed by atoms with Crippen molar-refractivity contribution in [3.05, 3.63) is 76.5 Å². The van der Waals surface area contributed by atoms with Gasteiger partial charge in [0, 0.05) is 18.7 Å². The average molecular weight is 410 g/mol. The molecule has 0 saturated carbocycles. The van der Waals surface area contributed by atoms with Gasteiger partial charge in [0.05, 0.1) is 4.92 Å². The molecule has 1 aromatic carbocycles. The Morgan fingerprint density at radius 3 is 2.55 bits per heavy atom. The van der Waals surface area contributed by atoms with E-state index in [0.717, 1.165) is 6.20 Å². The average Bonchev–Trinajstić information content (AvgIpc) is 2.70. The molecule has 1 aliphatic rings. The van der Waals surface area contributed by atoms with E-state index in [-0.39, 0.29) is 28.8 Å². The molecule has 1 fully saturated rings. The zero-order valence-electron chi connectivity index (χ0n) is 14.9. The van der Waals surface area contributed by atoms with E-state index in [1.807, 2.05) is 0 Å². The molecule has 3 rings (SSSR count). The Labute approximate surface area is 170 Å². The van der Waals surface area contributed by atoms with E-state index >= 15 is 0 Å². The van der Waals surface area contributed by atoms with E-state index in [0.29, 0.717) is 11.3 Å². The largest absolute Gasteiger partial charge is 0.439 e. The molecule has 9 nitrogen and oxygen atoms in total. The summed E-state index contributed by atoms with van der Waals surface area (Å²) in [6, 6.07) is 9.21. The minimum Gasteiger partial charge on any atom is -0.439 e. The monoisotopic (exact) mass is 410 g/mol. The van der Waals surface area contributed by atoms with E-state index in [1.165, 1.54) is 29.2 Å². The number of ether oxygens (including phenoxy) is 1. The maximum absolute atomic E-state index is 12.5. The van der Waals surface area contributed by atoms with Gasteiger partial charge < -0.3 is 4.74 Å². The van der Waals surface area contributed by atoms with Crippen LogP contribution in [-0.4, -0.2) is 38.3 Å². The van der Waals surface area contributed by atoms with E-state index in [4.69, 9.17) is 17.0 Å². The SMILES string of the molecule is C=CCN1C(=O)/C(=C\c2ccc(Oc3ccc([N+](=O)[O-])cn3)cc2)C(=O)NC1=S. The first-order valence-corrected chi connectivity index (χ1v) is 8.68. The fraction of sp³-hybridized carbons (Fsp3) is 0.0526. The number of nitrogens with one attached hydrogen (secondary N) is 1. The van der Waals surface area contributed by atoms with Gasteiger partial charge in [-0.05, 0) is 36.0 Å². The Kier molecular flexibility index (Phi) is 5.74. The molecule has 0 unspecified atom stereocenters. The number of hydrogen-bond donors (Lipinski definition) is 1. The van der Waals surface area contributed by atoms with Crippen molar-refractivity contribution >= 4 is 40.9 Å². The summed E-state index contributed by atoms with van der Waals surface area (Å²) in [5.74, 6) is -0.454. The second kappa shape index (κ2) is 8.40. The Morgan fingerprint density at radius 2 is 1.97 bits per heavy atom. The quantitative estimate of drug-likeness (QED) is 0.194. The van der Waals surface area contributed by atoms with Gasteiger partial charge >= 0.3 is 0 Å². The minimum absolute atomic E-state index is 0.0383. The second-order valence-corrected chi connectivity index (χ2v) is 6.19. The van der Waals surface area contributed by atoms with Crippen molar-refractivity contribution in [1.29, 1.82) is 0 Å². The fourth-order valence-electron chi connectivity index (χ4n) is 2.45. The van der Waals surface area contributed by atoms with Gasteiger partial charge in [0.25, 0.3) is 17.5 Å². The molecule has 0 radical (unpaired) electrons. The minimum atomic E-state index is -0.573. The Bertz CT molecular complexity index is 1030. The maximum atomic E-state index is 12.5. The Morgan fingerprint density at radius 1 is 1.24 bits per heavy atom. The number of aromatic nitrogens is 1. The molecule has 2 aromatic rings. The van der Waals surface area contributed by atoms with E-state index < -0.39 is 16.7 Å². The van der Waals surface area contributed by atoms with Crippen LogP contribution in [0.4, 0.5) is 5.69 Å². The van der Waals surface area contributed by atoms with Crippen molar-refractivity contribution in [1.82, 2.24) is 15.2 Å². The fourth-order valence-corrected chi connectivity index (χ4v) is 2.70. The van der Waals surface area contributed by atoms with Crippen LogP contribution < -0.4 is 10.1 Å². The molecule has 0 aliphatic carbocycles. The molecule has 10 heteroatoms. The van der Waals surface area contributed by atoms with Gasteiger partial charge in [0.15, 0.2) is 5.11 Å². The van der Waals surface area contributed by atoms with Gasteiger partial charge in [-0.3, -0.25) is 29.9 Å². The van der Waals surface area contributed by atoms with Gasteiger partial charge in [0.1, 0.15) is 17.5 Å². The molecule has 1 N–H and O–H groups in total. The van der Waals surface area contributed by atoms with Crippen LogP contribution in [0.1, 0.15) is 5.56 Å². The molecule has 1 saturated heterocycles. The van der Waals surface area contributed by atoms with E-state index in [9.17, 15) is 19.7 Å². The van der Waals surface area contributed by atoms with Crippen LogP contribution in [0.3, 0.4) is 0 Å². The molecule has 1 aromatic heterocycles. The standard InChI is InChI=1S/C19H14N4O5S/c1-2-9-22-18(25)15(17(24)21-19(22)29)10-12-3-6-14(7-4-12)28-16-8-5-13(11-20-16)23(26)27/h2-8,10-11H,1,9H2,(H,21,24,29)/b15-10-.